The molecule has 19 heavy (non-hydrogen) atoms. The van der Waals surface area contributed by atoms with E-state index >= 15 is 0 Å². The van der Waals surface area contributed by atoms with Crippen molar-refractivity contribution < 1.29 is 19.1 Å². The fourth-order valence-corrected chi connectivity index (χ4v) is 2.52. The van der Waals surface area contributed by atoms with E-state index in [9.17, 15) is 9.59 Å². The minimum Gasteiger partial charge on any atom is -0.469 e. The van der Waals surface area contributed by atoms with E-state index in [4.69, 9.17) is 9.47 Å². The summed E-state index contributed by atoms with van der Waals surface area (Å²) >= 11 is 1.37. The number of methoxy groups -OCH3 is 1. The van der Waals surface area contributed by atoms with Gasteiger partial charge in [-0.15, -0.1) is 11.8 Å². The van der Waals surface area contributed by atoms with Crippen molar-refractivity contribution in [2.75, 3.05) is 25.2 Å². The molecule has 1 aromatic rings. The van der Waals surface area contributed by atoms with Gasteiger partial charge in [0.1, 0.15) is 0 Å². The van der Waals surface area contributed by atoms with E-state index in [0.717, 1.165) is 5.56 Å². The molecule has 0 radical (unpaired) electrons. The lowest BCUT2D eigenvalue weighted by Crippen LogP contribution is -2.18. The van der Waals surface area contributed by atoms with Crippen LogP contribution in [0, 0.1) is 0 Å². The highest BCUT2D eigenvalue weighted by Gasteiger charge is 2.21. The van der Waals surface area contributed by atoms with E-state index < -0.39 is 0 Å². The van der Waals surface area contributed by atoms with Gasteiger partial charge in [-0.1, -0.05) is 30.3 Å². The molecule has 0 saturated carbocycles. The van der Waals surface area contributed by atoms with Gasteiger partial charge in [-0.3, -0.25) is 9.59 Å². The van der Waals surface area contributed by atoms with Crippen molar-refractivity contribution in [2.45, 2.75) is 12.8 Å². The van der Waals surface area contributed by atoms with E-state index in [-0.39, 0.29) is 23.6 Å². The topological polar surface area (TPSA) is 52.6 Å². The molecule has 1 unspecified atom stereocenters. The van der Waals surface area contributed by atoms with Crippen LogP contribution in [0.5, 0.6) is 0 Å². The van der Waals surface area contributed by atoms with Gasteiger partial charge >= 0.3 is 11.9 Å². The Morgan fingerprint density at radius 1 is 1.26 bits per heavy atom. The summed E-state index contributed by atoms with van der Waals surface area (Å²) < 4.78 is 9.64. The molecule has 0 N–H and O–H groups in total. The van der Waals surface area contributed by atoms with Gasteiger partial charge in [-0.2, -0.15) is 0 Å². The summed E-state index contributed by atoms with van der Waals surface area (Å²) in [6, 6.07) is 9.41. The molecule has 104 valence electrons. The molecule has 0 amide bonds. The van der Waals surface area contributed by atoms with Crippen LogP contribution in [0.1, 0.15) is 18.4 Å². The third-order valence-electron chi connectivity index (χ3n) is 2.50. The molecule has 1 atom stereocenters. The van der Waals surface area contributed by atoms with Crippen LogP contribution in [-0.2, 0) is 19.1 Å². The van der Waals surface area contributed by atoms with Crippen LogP contribution in [0.2, 0.25) is 0 Å². The molecule has 0 fully saturated rings. The third-order valence-corrected chi connectivity index (χ3v) is 3.51. The number of hydrogen-bond donors (Lipinski definition) is 0. The Labute approximate surface area is 117 Å². The maximum absolute atomic E-state index is 11.8. The number of carbonyl (C=O) groups is 2. The van der Waals surface area contributed by atoms with Gasteiger partial charge in [-0.25, -0.2) is 0 Å². The van der Waals surface area contributed by atoms with Crippen molar-refractivity contribution in [3.63, 3.8) is 0 Å². The zero-order valence-corrected chi connectivity index (χ0v) is 11.9. The zero-order valence-electron chi connectivity index (χ0n) is 11.1. The first-order valence-corrected chi connectivity index (χ1v) is 7.20. The van der Waals surface area contributed by atoms with Crippen molar-refractivity contribution >= 4 is 23.7 Å². The van der Waals surface area contributed by atoms with Crippen LogP contribution in [-0.4, -0.2) is 37.2 Å². The summed E-state index contributed by atoms with van der Waals surface area (Å²) in [5.74, 6) is -0.165. The van der Waals surface area contributed by atoms with E-state index in [0.29, 0.717) is 12.4 Å². The van der Waals surface area contributed by atoms with Crippen molar-refractivity contribution in [1.82, 2.24) is 0 Å². The van der Waals surface area contributed by atoms with Gasteiger partial charge < -0.3 is 9.47 Å². The molecule has 0 aliphatic carbocycles. The first-order chi connectivity index (χ1) is 9.19. The molecule has 0 heterocycles. The van der Waals surface area contributed by atoms with E-state index in [1.165, 1.54) is 18.9 Å². The summed E-state index contributed by atoms with van der Waals surface area (Å²) in [5.41, 5.74) is 0.894. The molecular weight excluding hydrogens is 264 g/mol. The SMILES string of the molecule is CCOC(=O)CSCC(C(=O)OC)c1ccccc1. The fraction of sp³-hybridized carbons (Fsp3) is 0.429. The maximum atomic E-state index is 11.8. The highest BCUT2D eigenvalue weighted by Crippen LogP contribution is 2.22. The minimum absolute atomic E-state index is 0.244. The average molecular weight is 282 g/mol. The smallest absolute Gasteiger partial charge is 0.315 e. The Bertz CT molecular complexity index is 405. The highest BCUT2D eigenvalue weighted by atomic mass is 32.2. The van der Waals surface area contributed by atoms with Gasteiger partial charge in [0.25, 0.3) is 0 Å². The number of carbonyl (C=O) groups excluding carboxylic acids is 2. The van der Waals surface area contributed by atoms with Crippen LogP contribution >= 0.6 is 11.8 Å². The fourth-order valence-electron chi connectivity index (χ4n) is 1.59. The summed E-state index contributed by atoms with van der Waals surface area (Å²) in [6.07, 6.45) is 0. The Kier molecular flexibility index (Phi) is 7.03. The average Bonchev–Trinajstić information content (AvgIpc) is 2.44. The van der Waals surface area contributed by atoms with Gasteiger partial charge in [0.15, 0.2) is 0 Å². The first kappa shape index (κ1) is 15.6. The zero-order chi connectivity index (χ0) is 14.1. The molecule has 0 bridgehead atoms. The lowest BCUT2D eigenvalue weighted by Gasteiger charge is -2.14. The normalized spacial score (nSPS) is 11.7. The molecule has 1 aromatic carbocycles. The van der Waals surface area contributed by atoms with E-state index in [1.807, 2.05) is 30.3 Å². The second-order valence-electron chi connectivity index (χ2n) is 3.81. The molecular formula is C14H18O4S. The summed E-state index contributed by atoms with van der Waals surface area (Å²) in [4.78, 5) is 23.0. The third kappa shape index (κ3) is 5.34. The quantitative estimate of drug-likeness (QED) is 0.718. The molecule has 5 heteroatoms. The van der Waals surface area contributed by atoms with Crippen LogP contribution in [0.3, 0.4) is 0 Å². The largest absolute Gasteiger partial charge is 0.469 e. The number of benzene rings is 1. The Balaban J connectivity index is 2.57. The number of ether oxygens (including phenoxy) is 2. The molecule has 1 rings (SSSR count). The second kappa shape index (κ2) is 8.58. The predicted octanol–water partition coefficient (Wildman–Crippen LogP) is 2.24. The van der Waals surface area contributed by atoms with Crippen LogP contribution in [0.25, 0.3) is 0 Å². The van der Waals surface area contributed by atoms with Crippen molar-refractivity contribution in [3.05, 3.63) is 35.9 Å². The van der Waals surface area contributed by atoms with Gasteiger partial charge in [0.05, 0.1) is 25.4 Å². The standard InChI is InChI=1S/C14H18O4S/c1-3-18-13(15)10-19-9-12(14(16)17-2)11-7-5-4-6-8-11/h4-8,12H,3,9-10H2,1-2H3. The number of esters is 2. The van der Waals surface area contributed by atoms with Crippen LogP contribution in [0.15, 0.2) is 30.3 Å². The molecule has 0 aliphatic heterocycles. The van der Waals surface area contributed by atoms with Gasteiger partial charge in [-0.05, 0) is 12.5 Å². The van der Waals surface area contributed by atoms with Gasteiger partial charge in [0.2, 0.25) is 0 Å². The Hall–Kier alpha value is -1.49. The van der Waals surface area contributed by atoms with Crippen LogP contribution < -0.4 is 0 Å². The Morgan fingerprint density at radius 3 is 2.53 bits per heavy atom. The lowest BCUT2D eigenvalue weighted by atomic mass is 10.0. The molecule has 0 aliphatic rings. The first-order valence-electron chi connectivity index (χ1n) is 6.05. The van der Waals surface area contributed by atoms with Gasteiger partial charge in [0, 0.05) is 5.75 Å². The maximum Gasteiger partial charge on any atom is 0.315 e. The Morgan fingerprint density at radius 2 is 1.95 bits per heavy atom. The van der Waals surface area contributed by atoms with Crippen molar-refractivity contribution in [3.8, 4) is 0 Å². The summed E-state index contributed by atoms with van der Waals surface area (Å²) in [7, 11) is 1.37. The monoisotopic (exact) mass is 282 g/mol. The van der Waals surface area contributed by atoms with Crippen molar-refractivity contribution in [1.29, 1.82) is 0 Å². The minimum atomic E-state index is -0.356. The lowest BCUT2D eigenvalue weighted by molar-refractivity contribution is -0.142. The molecule has 4 nitrogen and oxygen atoms in total. The highest BCUT2D eigenvalue weighted by molar-refractivity contribution is 8.00. The number of hydrogen-bond acceptors (Lipinski definition) is 5. The van der Waals surface area contributed by atoms with Crippen LogP contribution in [0.4, 0.5) is 0 Å². The summed E-state index contributed by atoms with van der Waals surface area (Å²) in [5, 5.41) is 0. The number of rotatable bonds is 7. The van der Waals surface area contributed by atoms with E-state index in [1.54, 1.807) is 6.92 Å². The molecule has 0 aromatic heterocycles. The summed E-state index contributed by atoms with van der Waals surface area (Å²) in [6.45, 7) is 2.14. The number of thioether (sulfide) groups is 1. The van der Waals surface area contributed by atoms with E-state index in [2.05, 4.69) is 0 Å². The van der Waals surface area contributed by atoms with Crippen molar-refractivity contribution in [2.24, 2.45) is 0 Å². The predicted molar refractivity (Wildman–Crippen MR) is 75.2 cm³/mol. The second-order valence-corrected chi connectivity index (χ2v) is 4.84. The molecule has 0 saturated heterocycles. The molecule has 0 spiro atoms.